The van der Waals surface area contributed by atoms with Gasteiger partial charge in [0.25, 0.3) is 0 Å². The maximum Gasteiger partial charge on any atom is 0.320 e. The average molecular weight is 540 g/mol. The van der Waals surface area contributed by atoms with E-state index >= 15 is 0 Å². The molecule has 1 saturated heterocycles. The van der Waals surface area contributed by atoms with E-state index < -0.39 is 12.0 Å². The van der Waals surface area contributed by atoms with Crippen molar-refractivity contribution in [3.8, 4) is 17.2 Å². The van der Waals surface area contributed by atoms with Crippen LogP contribution in [0.1, 0.15) is 42.0 Å². The average Bonchev–Trinajstić information content (AvgIpc) is 2.89. The topological polar surface area (TPSA) is 68.2 Å². The lowest BCUT2D eigenvalue weighted by molar-refractivity contribution is -0.145. The number of piperidine rings is 1. The predicted octanol–water partition coefficient (Wildman–Crippen LogP) is 6.07. The van der Waals surface area contributed by atoms with Gasteiger partial charge in [-0.1, -0.05) is 64.8 Å². The van der Waals surface area contributed by atoms with Gasteiger partial charge in [0.1, 0.15) is 12.6 Å². The van der Waals surface area contributed by atoms with Crippen molar-refractivity contribution in [3.05, 3.63) is 87.9 Å². The summed E-state index contributed by atoms with van der Waals surface area (Å²) in [5, 5.41) is 10.0. The molecule has 6 nitrogen and oxygen atoms in total. The van der Waals surface area contributed by atoms with Gasteiger partial charge < -0.3 is 19.3 Å². The van der Waals surface area contributed by atoms with Crippen LogP contribution in [-0.4, -0.2) is 42.8 Å². The molecule has 0 amide bonds. The molecule has 1 aliphatic heterocycles. The molecule has 0 aromatic heterocycles. The number of aliphatic carboxylic acids is 1. The summed E-state index contributed by atoms with van der Waals surface area (Å²) in [4.78, 5) is 14.3. The zero-order valence-corrected chi connectivity index (χ0v) is 21.5. The van der Waals surface area contributed by atoms with Crippen LogP contribution in [0.5, 0.6) is 17.2 Å². The maximum atomic E-state index is 12.2. The SMILES string of the molecule is COc1cc(C(c2ccc(Br)cc2)N2CCCCC2C(=O)O)cc(OC)c1OCc1ccccc1. The lowest BCUT2D eigenvalue weighted by Crippen LogP contribution is -2.46. The standard InChI is InChI=1S/C28H30BrNO5/c1-33-24-16-21(17-25(34-2)27(24)35-18-19-8-4-3-5-9-19)26(20-11-13-22(29)14-12-20)30-15-7-6-10-23(30)28(31)32/h3-5,8-9,11-14,16-17,23,26H,6-7,10,15,18H2,1-2H3,(H,31,32). The molecule has 184 valence electrons. The molecule has 2 unspecified atom stereocenters. The van der Waals surface area contributed by atoms with Crippen molar-refractivity contribution in [2.45, 2.75) is 38.0 Å². The van der Waals surface area contributed by atoms with Gasteiger partial charge in [-0.15, -0.1) is 0 Å². The number of ether oxygens (including phenoxy) is 3. The van der Waals surface area contributed by atoms with Crippen molar-refractivity contribution in [2.24, 2.45) is 0 Å². The Kier molecular flexibility index (Phi) is 8.31. The summed E-state index contributed by atoms with van der Waals surface area (Å²) in [5.74, 6) is 0.807. The van der Waals surface area contributed by atoms with E-state index in [9.17, 15) is 9.90 Å². The monoisotopic (exact) mass is 539 g/mol. The Labute approximate surface area is 214 Å². The van der Waals surface area contributed by atoms with Crippen molar-refractivity contribution in [2.75, 3.05) is 20.8 Å². The summed E-state index contributed by atoms with van der Waals surface area (Å²) >= 11 is 3.51. The number of halogens is 1. The molecule has 35 heavy (non-hydrogen) atoms. The summed E-state index contributed by atoms with van der Waals surface area (Å²) in [6, 6.07) is 20.9. The Balaban J connectivity index is 1.77. The first-order valence-electron chi connectivity index (χ1n) is 11.7. The molecule has 4 rings (SSSR count). The van der Waals surface area contributed by atoms with Gasteiger partial charge in [-0.3, -0.25) is 9.69 Å². The number of methoxy groups -OCH3 is 2. The Morgan fingerprint density at radius 2 is 1.66 bits per heavy atom. The fourth-order valence-electron chi connectivity index (χ4n) is 4.68. The molecule has 3 aromatic rings. The van der Waals surface area contributed by atoms with E-state index in [1.807, 2.05) is 66.7 Å². The number of carboxylic acid groups (broad SMARTS) is 1. The molecule has 7 heteroatoms. The van der Waals surface area contributed by atoms with Gasteiger partial charge in [-0.2, -0.15) is 0 Å². The van der Waals surface area contributed by atoms with Gasteiger partial charge in [0.05, 0.1) is 20.3 Å². The van der Waals surface area contributed by atoms with E-state index in [0.29, 0.717) is 36.8 Å². The molecule has 1 heterocycles. The summed E-state index contributed by atoms with van der Waals surface area (Å²) in [7, 11) is 3.20. The van der Waals surface area contributed by atoms with Gasteiger partial charge in [0.15, 0.2) is 11.5 Å². The van der Waals surface area contributed by atoms with Crippen LogP contribution in [0.15, 0.2) is 71.2 Å². The molecule has 1 aliphatic rings. The van der Waals surface area contributed by atoms with Crippen LogP contribution in [0, 0.1) is 0 Å². The Bertz CT molecular complexity index is 1110. The van der Waals surface area contributed by atoms with E-state index in [2.05, 4.69) is 20.8 Å². The van der Waals surface area contributed by atoms with Crippen molar-refractivity contribution >= 4 is 21.9 Å². The molecule has 0 spiro atoms. The molecule has 1 fully saturated rings. The highest BCUT2D eigenvalue weighted by atomic mass is 79.9. The van der Waals surface area contributed by atoms with Gasteiger partial charge in [-0.05, 0) is 60.3 Å². The molecule has 0 radical (unpaired) electrons. The Morgan fingerprint density at radius 1 is 1.00 bits per heavy atom. The third-order valence-electron chi connectivity index (χ3n) is 6.37. The van der Waals surface area contributed by atoms with Gasteiger partial charge in [0, 0.05) is 4.47 Å². The zero-order valence-electron chi connectivity index (χ0n) is 19.9. The number of hydrogen-bond donors (Lipinski definition) is 1. The fourth-order valence-corrected chi connectivity index (χ4v) is 4.94. The lowest BCUT2D eigenvalue weighted by Gasteiger charge is -2.40. The van der Waals surface area contributed by atoms with Gasteiger partial charge in [-0.25, -0.2) is 0 Å². The number of carboxylic acids is 1. The predicted molar refractivity (Wildman–Crippen MR) is 138 cm³/mol. The first kappa shape index (κ1) is 25.1. The highest BCUT2D eigenvalue weighted by Crippen LogP contribution is 2.44. The first-order valence-corrected chi connectivity index (χ1v) is 12.5. The van der Waals surface area contributed by atoms with Crippen molar-refractivity contribution in [1.29, 1.82) is 0 Å². The van der Waals surface area contributed by atoms with E-state index in [1.165, 1.54) is 0 Å². The molecule has 0 bridgehead atoms. The number of nitrogens with zero attached hydrogens (tertiary/aromatic N) is 1. The maximum absolute atomic E-state index is 12.2. The number of carbonyl (C=O) groups is 1. The van der Waals surface area contributed by atoms with Crippen LogP contribution in [0.3, 0.4) is 0 Å². The van der Waals surface area contributed by atoms with E-state index in [1.54, 1.807) is 14.2 Å². The van der Waals surface area contributed by atoms with Crippen LogP contribution in [0.25, 0.3) is 0 Å². The smallest absolute Gasteiger partial charge is 0.320 e. The first-order chi connectivity index (χ1) is 17.0. The molecule has 0 aliphatic carbocycles. The second kappa shape index (κ2) is 11.6. The van der Waals surface area contributed by atoms with Crippen LogP contribution in [0.4, 0.5) is 0 Å². The minimum atomic E-state index is -0.798. The van der Waals surface area contributed by atoms with Crippen LogP contribution in [0.2, 0.25) is 0 Å². The number of hydrogen-bond acceptors (Lipinski definition) is 5. The minimum absolute atomic E-state index is 0.282. The van der Waals surface area contributed by atoms with Crippen molar-refractivity contribution < 1.29 is 24.1 Å². The van der Waals surface area contributed by atoms with E-state index in [4.69, 9.17) is 14.2 Å². The van der Waals surface area contributed by atoms with Crippen molar-refractivity contribution in [1.82, 2.24) is 4.90 Å². The summed E-state index contributed by atoms with van der Waals surface area (Å²) in [6.45, 7) is 1.06. The third kappa shape index (κ3) is 5.80. The van der Waals surface area contributed by atoms with Gasteiger partial charge >= 0.3 is 5.97 Å². The normalized spacial score (nSPS) is 16.9. The minimum Gasteiger partial charge on any atom is -0.493 e. The highest BCUT2D eigenvalue weighted by Gasteiger charge is 2.36. The summed E-state index contributed by atoms with van der Waals surface area (Å²) in [5.41, 5.74) is 2.93. The van der Waals surface area contributed by atoms with Crippen LogP contribution >= 0.6 is 15.9 Å². The molecule has 3 aromatic carbocycles. The second-order valence-electron chi connectivity index (χ2n) is 8.57. The molecular formula is C28H30BrNO5. The quantitative estimate of drug-likeness (QED) is 0.355. The molecule has 1 N–H and O–H groups in total. The molecule has 2 atom stereocenters. The number of likely N-dealkylation sites (tertiary alicyclic amines) is 1. The summed E-state index contributed by atoms with van der Waals surface area (Å²) in [6.07, 6.45) is 2.47. The van der Waals surface area contributed by atoms with Crippen molar-refractivity contribution in [3.63, 3.8) is 0 Å². The molecule has 0 saturated carbocycles. The Morgan fingerprint density at radius 3 is 2.26 bits per heavy atom. The fraction of sp³-hybridized carbons (Fsp3) is 0.321. The lowest BCUT2D eigenvalue weighted by atomic mass is 9.91. The second-order valence-corrected chi connectivity index (χ2v) is 9.49. The number of rotatable bonds is 9. The van der Waals surface area contributed by atoms with Crippen LogP contribution in [-0.2, 0) is 11.4 Å². The molecular weight excluding hydrogens is 510 g/mol. The highest BCUT2D eigenvalue weighted by molar-refractivity contribution is 9.10. The summed E-state index contributed by atoms with van der Waals surface area (Å²) < 4.78 is 18.6. The zero-order chi connectivity index (χ0) is 24.8. The largest absolute Gasteiger partial charge is 0.493 e. The van der Waals surface area contributed by atoms with E-state index in [0.717, 1.165) is 34.0 Å². The Hall–Kier alpha value is -3.03. The third-order valence-corrected chi connectivity index (χ3v) is 6.90. The van der Waals surface area contributed by atoms with Crippen LogP contribution < -0.4 is 14.2 Å². The van der Waals surface area contributed by atoms with Gasteiger partial charge in [0.2, 0.25) is 5.75 Å². The van der Waals surface area contributed by atoms with E-state index in [-0.39, 0.29) is 6.04 Å². The number of benzene rings is 3.